The van der Waals surface area contributed by atoms with E-state index in [-0.39, 0.29) is 5.41 Å². The molecular weight excluding hydrogens is 232 g/mol. The van der Waals surface area contributed by atoms with Crippen LogP contribution in [0.2, 0.25) is 0 Å². The molecule has 2 heteroatoms. The second kappa shape index (κ2) is 5.89. The van der Waals surface area contributed by atoms with Crippen molar-refractivity contribution in [2.45, 2.75) is 32.2 Å². The van der Waals surface area contributed by atoms with Crippen LogP contribution in [0.15, 0.2) is 36.9 Å². The van der Waals surface area contributed by atoms with Crippen LogP contribution in [0.4, 0.5) is 0 Å². The lowest BCUT2D eigenvalue weighted by Crippen LogP contribution is -2.44. The molecule has 0 saturated carbocycles. The number of benzene rings is 1. The van der Waals surface area contributed by atoms with Crippen LogP contribution in [0.25, 0.3) is 0 Å². The standard InChI is InChI=1S/C17H26N2/c1-5-16(19-12-10-18-11-13-19)14-6-8-15(9-7-14)17(2,3)4/h5-9,16,18H,1,10-13H2,2-4H3/t16-/m0/s1. The van der Waals surface area contributed by atoms with Crippen molar-refractivity contribution in [3.63, 3.8) is 0 Å². The molecule has 0 bridgehead atoms. The molecule has 1 saturated heterocycles. The molecule has 0 amide bonds. The minimum Gasteiger partial charge on any atom is -0.314 e. The van der Waals surface area contributed by atoms with Crippen LogP contribution in [0.5, 0.6) is 0 Å². The van der Waals surface area contributed by atoms with Gasteiger partial charge in [-0.15, -0.1) is 6.58 Å². The SMILES string of the molecule is C=C[C@@H](c1ccc(C(C)(C)C)cc1)N1CCNCC1. The topological polar surface area (TPSA) is 15.3 Å². The largest absolute Gasteiger partial charge is 0.314 e. The van der Waals surface area contributed by atoms with Gasteiger partial charge >= 0.3 is 0 Å². The molecule has 1 aromatic carbocycles. The molecule has 1 N–H and O–H groups in total. The molecule has 0 unspecified atom stereocenters. The summed E-state index contributed by atoms with van der Waals surface area (Å²) in [6, 6.07) is 9.38. The predicted octanol–water partition coefficient (Wildman–Crippen LogP) is 3.12. The highest BCUT2D eigenvalue weighted by atomic mass is 15.2. The minimum absolute atomic E-state index is 0.219. The van der Waals surface area contributed by atoms with E-state index in [2.05, 4.69) is 67.9 Å². The molecule has 2 rings (SSSR count). The Morgan fingerprint density at radius 2 is 1.74 bits per heavy atom. The average Bonchev–Trinajstić information content (AvgIpc) is 2.40. The first kappa shape index (κ1) is 14.3. The fourth-order valence-corrected chi connectivity index (χ4v) is 2.64. The molecular formula is C17H26N2. The highest BCUT2D eigenvalue weighted by Gasteiger charge is 2.20. The van der Waals surface area contributed by atoms with E-state index < -0.39 is 0 Å². The van der Waals surface area contributed by atoms with E-state index in [0.717, 1.165) is 26.2 Å². The van der Waals surface area contributed by atoms with Crippen molar-refractivity contribution in [1.29, 1.82) is 0 Å². The Morgan fingerprint density at radius 1 is 1.16 bits per heavy atom. The molecule has 0 spiro atoms. The fraction of sp³-hybridized carbons (Fsp3) is 0.529. The molecule has 1 heterocycles. The summed E-state index contributed by atoms with van der Waals surface area (Å²) in [5, 5.41) is 3.40. The number of hydrogen-bond acceptors (Lipinski definition) is 2. The van der Waals surface area contributed by atoms with E-state index in [1.54, 1.807) is 0 Å². The van der Waals surface area contributed by atoms with Crippen LogP contribution in [0, 0.1) is 0 Å². The number of rotatable bonds is 3. The normalized spacial score (nSPS) is 19.1. The molecule has 19 heavy (non-hydrogen) atoms. The van der Waals surface area contributed by atoms with Gasteiger partial charge in [-0.05, 0) is 16.5 Å². The van der Waals surface area contributed by atoms with Crippen molar-refractivity contribution in [2.24, 2.45) is 0 Å². The third kappa shape index (κ3) is 3.46. The summed E-state index contributed by atoms with van der Waals surface area (Å²) in [6.07, 6.45) is 2.07. The predicted molar refractivity (Wildman–Crippen MR) is 82.5 cm³/mol. The van der Waals surface area contributed by atoms with Gasteiger partial charge in [-0.2, -0.15) is 0 Å². The number of piperazine rings is 1. The fourth-order valence-electron chi connectivity index (χ4n) is 2.64. The first-order valence-corrected chi connectivity index (χ1v) is 7.20. The van der Waals surface area contributed by atoms with Crippen molar-refractivity contribution in [3.8, 4) is 0 Å². The highest BCUT2D eigenvalue weighted by molar-refractivity contribution is 5.31. The Kier molecular flexibility index (Phi) is 4.43. The van der Waals surface area contributed by atoms with E-state index in [1.807, 2.05) is 0 Å². The Bertz CT molecular complexity index is 408. The smallest absolute Gasteiger partial charge is 0.0529 e. The number of nitrogens with zero attached hydrogens (tertiary/aromatic N) is 1. The summed E-state index contributed by atoms with van der Waals surface area (Å²) in [5.41, 5.74) is 2.96. The van der Waals surface area contributed by atoms with Crippen molar-refractivity contribution in [3.05, 3.63) is 48.0 Å². The quantitative estimate of drug-likeness (QED) is 0.838. The maximum absolute atomic E-state index is 4.02. The van der Waals surface area contributed by atoms with E-state index in [0.29, 0.717) is 6.04 Å². The van der Waals surface area contributed by atoms with Gasteiger partial charge in [0.2, 0.25) is 0 Å². The zero-order valence-corrected chi connectivity index (χ0v) is 12.4. The van der Waals surface area contributed by atoms with Gasteiger partial charge in [0.25, 0.3) is 0 Å². The van der Waals surface area contributed by atoms with Gasteiger partial charge in [0.15, 0.2) is 0 Å². The van der Waals surface area contributed by atoms with Gasteiger partial charge in [0.05, 0.1) is 6.04 Å². The average molecular weight is 258 g/mol. The zero-order chi connectivity index (χ0) is 13.9. The van der Waals surface area contributed by atoms with Crippen LogP contribution in [0.1, 0.15) is 37.9 Å². The Morgan fingerprint density at radius 3 is 2.21 bits per heavy atom. The summed E-state index contributed by atoms with van der Waals surface area (Å²) in [6.45, 7) is 15.1. The Balaban J connectivity index is 2.16. The third-order valence-corrected chi connectivity index (χ3v) is 3.89. The summed E-state index contributed by atoms with van der Waals surface area (Å²) >= 11 is 0. The maximum Gasteiger partial charge on any atom is 0.0529 e. The van der Waals surface area contributed by atoms with Crippen molar-refractivity contribution in [2.75, 3.05) is 26.2 Å². The van der Waals surface area contributed by atoms with Gasteiger partial charge in [-0.25, -0.2) is 0 Å². The Hall–Kier alpha value is -1.12. The number of nitrogens with one attached hydrogen (secondary N) is 1. The summed E-state index contributed by atoms with van der Waals surface area (Å²) < 4.78 is 0. The molecule has 2 nitrogen and oxygen atoms in total. The zero-order valence-electron chi connectivity index (χ0n) is 12.4. The van der Waals surface area contributed by atoms with Crippen LogP contribution >= 0.6 is 0 Å². The van der Waals surface area contributed by atoms with Gasteiger partial charge in [-0.3, -0.25) is 4.90 Å². The third-order valence-electron chi connectivity index (χ3n) is 3.89. The molecule has 0 radical (unpaired) electrons. The summed E-state index contributed by atoms with van der Waals surface area (Å²) in [7, 11) is 0. The molecule has 1 aromatic rings. The van der Waals surface area contributed by atoms with Crippen LogP contribution in [-0.2, 0) is 5.41 Å². The van der Waals surface area contributed by atoms with Crippen LogP contribution in [0.3, 0.4) is 0 Å². The van der Waals surface area contributed by atoms with Gasteiger partial charge in [0, 0.05) is 26.2 Å². The Labute approximate surface area is 117 Å². The van der Waals surface area contributed by atoms with E-state index in [9.17, 15) is 0 Å². The lowest BCUT2D eigenvalue weighted by atomic mass is 9.86. The van der Waals surface area contributed by atoms with E-state index in [1.165, 1.54) is 11.1 Å². The molecule has 0 aliphatic carbocycles. The van der Waals surface area contributed by atoms with Gasteiger partial charge < -0.3 is 5.32 Å². The summed E-state index contributed by atoms with van der Waals surface area (Å²) in [4.78, 5) is 2.50. The molecule has 1 fully saturated rings. The van der Waals surface area contributed by atoms with Crippen molar-refractivity contribution < 1.29 is 0 Å². The summed E-state index contributed by atoms with van der Waals surface area (Å²) in [5.74, 6) is 0. The lowest BCUT2D eigenvalue weighted by Gasteiger charge is -2.33. The highest BCUT2D eigenvalue weighted by Crippen LogP contribution is 2.26. The molecule has 1 aliphatic rings. The van der Waals surface area contributed by atoms with Gasteiger partial charge in [-0.1, -0.05) is 51.1 Å². The first-order chi connectivity index (χ1) is 9.02. The van der Waals surface area contributed by atoms with E-state index in [4.69, 9.17) is 0 Å². The monoisotopic (exact) mass is 258 g/mol. The molecule has 1 atom stereocenters. The lowest BCUT2D eigenvalue weighted by molar-refractivity contribution is 0.203. The minimum atomic E-state index is 0.219. The maximum atomic E-state index is 4.02. The number of hydrogen-bond donors (Lipinski definition) is 1. The molecule has 1 aliphatic heterocycles. The first-order valence-electron chi connectivity index (χ1n) is 7.20. The van der Waals surface area contributed by atoms with Crippen LogP contribution < -0.4 is 5.32 Å². The van der Waals surface area contributed by atoms with Crippen LogP contribution in [-0.4, -0.2) is 31.1 Å². The molecule has 0 aromatic heterocycles. The van der Waals surface area contributed by atoms with Crippen molar-refractivity contribution >= 4 is 0 Å². The molecule has 104 valence electrons. The second-order valence-electron chi connectivity index (χ2n) is 6.34. The van der Waals surface area contributed by atoms with Crippen molar-refractivity contribution in [1.82, 2.24) is 10.2 Å². The van der Waals surface area contributed by atoms with Gasteiger partial charge in [0.1, 0.15) is 0 Å². The van der Waals surface area contributed by atoms with E-state index >= 15 is 0 Å². The second-order valence-corrected chi connectivity index (χ2v) is 6.34.